The van der Waals surface area contributed by atoms with E-state index in [1.165, 1.54) is 18.4 Å². The molecule has 0 radical (unpaired) electrons. The normalized spacial score (nSPS) is 17.6. The highest BCUT2D eigenvalue weighted by Gasteiger charge is 2.22. The van der Waals surface area contributed by atoms with E-state index in [1.54, 1.807) is 7.11 Å². The number of ether oxygens (including phenoxy) is 1. The van der Waals surface area contributed by atoms with Gasteiger partial charge in [0.05, 0.1) is 12.9 Å². The Hall–Kier alpha value is -0.870. The first kappa shape index (κ1) is 14.5. The molecule has 1 atom stereocenters. The van der Waals surface area contributed by atoms with Crippen LogP contribution in [0.1, 0.15) is 36.8 Å². The molecule has 0 heterocycles. The predicted octanol–water partition coefficient (Wildman–Crippen LogP) is 2.61. The van der Waals surface area contributed by atoms with E-state index in [-0.39, 0.29) is 0 Å². The number of rotatable bonds is 6. The molecule has 3 nitrogen and oxygen atoms in total. The Labute approximate surface area is 118 Å². The van der Waals surface area contributed by atoms with Crippen LogP contribution in [0.3, 0.4) is 0 Å². The largest absolute Gasteiger partial charge is 0.496 e. The number of benzene rings is 1. The van der Waals surface area contributed by atoms with Crippen molar-refractivity contribution in [2.75, 3.05) is 14.2 Å². The zero-order chi connectivity index (χ0) is 13.7. The van der Waals surface area contributed by atoms with Gasteiger partial charge in [0.15, 0.2) is 0 Å². The van der Waals surface area contributed by atoms with E-state index in [4.69, 9.17) is 4.74 Å². The highest BCUT2D eigenvalue weighted by molar-refractivity contribution is 7.84. The van der Waals surface area contributed by atoms with E-state index in [1.807, 2.05) is 13.1 Å². The van der Waals surface area contributed by atoms with Gasteiger partial charge in [0.2, 0.25) is 0 Å². The first-order valence-electron chi connectivity index (χ1n) is 6.92. The summed E-state index contributed by atoms with van der Waals surface area (Å²) in [5, 5.41) is 3.53. The van der Waals surface area contributed by atoms with E-state index in [0.29, 0.717) is 11.0 Å². The van der Waals surface area contributed by atoms with Gasteiger partial charge in [-0.1, -0.05) is 18.9 Å². The van der Waals surface area contributed by atoms with Crippen LogP contribution in [0, 0.1) is 0 Å². The van der Waals surface area contributed by atoms with Gasteiger partial charge in [-0.25, -0.2) is 0 Å². The van der Waals surface area contributed by atoms with Gasteiger partial charge >= 0.3 is 0 Å². The molecule has 1 saturated carbocycles. The maximum atomic E-state index is 12.4. The van der Waals surface area contributed by atoms with Crippen LogP contribution in [0.4, 0.5) is 0 Å². The third-order valence-corrected chi connectivity index (χ3v) is 5.51. The van der Waals surface area contributed by atoms with E-state index in [9.17, 15) is 4.21 Å². The summed E-state index contributed by atoms with van der Waals surface area (Å²) in [5.41, 5.74) is 2.28. The Bertz CT molecular complexity index is 442. The van der Waals surface area contributed by atoms with Crippen LogP contribution in [-0.2, 0) is 23.1 Å². The molecule has 0 aromatic heterocycles. The third-order valence-electron chi connectivity index (χ3n) is 3.70. The Balaban J connectivity index is 2.12. The van der Waals surface area contributed by atoms with Crippen molar-refractivity contribution in [1.82, 2.24) is 5.32 Å². The Morgan fingerprint density at radius 3 is 2.74 bits per heavy atom. The molecule has 1 fully saturated rings. The highest BCUT2D eigenvalue weighted by Crippen LogP contribution is 2.27. The highest BCUT2D eigenvalue weighted by atomic mass is 32.2. The summed E-state index contributed by atoms with van der Waals surface area (Å²) in [7, 11) is 2.84. The summed E-state index contributed by atoms with van der Waals surface area (Å²) in [5.74, 6) is 1.47. The molecule has 1 unspecified atom stereocenters. The van der Waals surface area contributed by atoms with Gasteiger partial charge in [0, 0.05) is 28.2 Å². The van der Waals surface area contributed by atoms with Gasteiger partial charge in [-0.15, -0.1) is 0 Å². The van der Waals surface area contributed by atoms with Gasteiger partial charge in [-0.2, -0.15) is 0 Å². The van der Waals surface area contributed by atoms with Crippen molar-refractivity contribution in [3.63, 3.8) is 0 Å². The molecule has 106 valence electrons. The lowest BCUT2D eigenvalue weighted by atomic mass is 10.1. The number of nitrogens with one attached hydrogen (secondary N) is 1. The molecule has 1 aliphatic carbocycles. The zero-order valence-corrected chi connectivity index (χ0v) is 12.6. The molecule has 1 aliphatic rings. The predicted molar refractivity (Wildman–Crippen MR) is 79.9 cm³/mol. The van der Waals surface area contributed by atoms with Gasteiger partial charge in [-0.3, -0.25) is 4.21 Å². The van der Waals surface area contributed by atoms with Gasteiger partial charge < -0.3 is 10.1 Å². The van der Waals surface area contributed by atoms with Crippen LogP contribution in [0.5, 0.6) is 5.75 Å². The van der Waals surface area contributed by atoms with Crippen LogP contribution < -0.4 is 10.1 Å². The van der Waals surface area contributed by atoms with Crippen molar-refractivity contribution < 1.29 is 8.95 Å². The zero-order valence-electron chi connectivity index (χ0n) is 11.8. The van der Waals surface area contributed by atoms with Gasteiger partial charge in [-0.05, 0) is 37.6 Å². The minimum atomic E-state index is -0.771. The van der Waals surface area contributed by atoms with Crippen molar-refractivity contribution >= 4 is 10.8 Å². The summed E-state index contributed by atoms with van der Waals surface area (Å²) >= 11 is 0. The Morgan fingerprint density at radius 1 is 1.37 bits per heavy atom. The lowest BCUT2D eigenvalue weighted by Gasteiger charge is -2.13. The standard InChI is InChI=1S/C15H23NO2S/c1-16-10-12-7-8-15(18-2)13(9-12)11-19(17)14-5-3-4-6-14/h7-9,14,16H,3-6,10-11H2,1-2H3. The molecule has 1 aromatic carbocycles. The molecule has 1 aromatic rings. The van der Waals surface area contributed by atoms with Crippen molar-refractivity contribution in [2.45, 2.75) is 43.2 Å². The van der Waals surface area contributed by atoms with Crippen LogP contribution in [-0.4, -0.2) is 23.6 Å². The second kappa shape index (κ2) is 7.06. The molecule has 0 spiro atoms. The van der Waals surface area contributed by atoms with Crippen LogP contribution >= 0.6 is 0 Å². The molecule has 2 rings (SSSR count). The smallest absolute Gasteiger partial charge is 0.123 e. The summed E-state index contributed by atoms with van der Waals surface area (Å²) in [6.07, 6.45) is 4.69. The second-order valence-electron chi connectivity index (χ2n) is 5.11. The van der Waals surface area contributed by atoms with E-state index >= 15 is 0 Å². The van der Waals surface area contributed by atoms with Gasteiger partial charge in [0.25, 0.3) is 0 Å². The molecule has 4 heteroatoms. The first-order valence-corrected chi connectivity index (χ1v) is 8.30. The number of hydrogen-bond acceptors (Lipinski definition) is 3. The fraction of sp³-hybridized carbons (Fsp3) is 0.600. The molecule has 0 aliphatic heterocycles. The second-order valence-corrected chi connectivity index (χ2v) is 6.82. The van der Waals surface area contributed by atoms with Crippen molar-refractivity contribution in [2.24, 2.45) is 0 Å². The maximum Gasteiger partial charge on any atom is 0.123 e. The summed E-state index contributed by atoms with van der Waals surface area (Å²) in [4.78, 5) is 0. The Morgan fingerprint density at radius 2 is 2.11 bits per heavy atom. The summed E-state index contributed by atoms with van der Waals surface area (Å²) in [6, 6.07) is 6.15. The van der Waals surface area contributed by atoms with Gasteiger partial charge in [0.1, 0.15) is 5.75 Å². The van der Waals surface area contributed by atoms with Crippen molar-refractivity contribution in [3.8, 4) is 5.75 Å². The maximum absolute atomic E-state index is 12.4. The molecule has 1 N–H and O–H groups in total. The van der Waals surface area contributed by atoms with E-state index in [2.05, 4.69) is 17.4 Å². The molecular weight excluding hydrogens is 258 g/mol. The quantitative estimate of drug-likeness (QED) is 0.871. The average Bonchev–Trinajstić information content (AvgIpc) is 2.93. The van der Waals surface area contributed by atoms with Crippen LogP contribution in [0.2, 0.25) is 0 Å². The average molecular weight is 281 g/mol. The molecule has 0 amide bonds. The number of methoxy groups -OCH3 is 1. The fourth-order valence-corrected chi connectivity index (χ4v) is 4.31. The molecular formula is C15H23NO2S. The lowest BCUT2D eigenvalue weighted by Crippen LogP contribution is -2.13. The third kappa shape index (κ3) is 3.80. The van der Waals surface area contributed by atoms with Crippen LogP contribution in [0.15, 0.2) is 18.2 Å². The Kier molecular flexibility index (Phi) is 5.40. The van der Waals surface area contributed by atoms with E-state index < -0.39 is 10.8 Å². The van der Waals surface area contributed by atoms with E-state index in [0.717, 1.165) is 30.7 Å². The number of hydrogen-bond donors (Lipinski definition) is 1. The SMILES string of the molecule is CNCc1ccc(OC)c(CS(=O)C2CCCC2)c1. The first-order chi connectivity index (χ1) is 9.24. The minimum Gasteiger partial charge on any atom is -0.496 e. The molecule has 0 saturated heterocycles. The van der Waals surface area contributed by atoms with Crippen molar-refractivity contribution in [3.05, 3.63) is 29.3 Å². The van der Waals surface area contributed by atoms with Crippen molar-refractivity contribution in [1.29, 1.82) is 0 Å². The lowest BCUT2D eigenvalue weighted by molar-refractivity contribution is 0.411. The summed E-state index contributed by atoms with van der Waals surface area (Å²) in [6.45, 7) is 0.826. The monoisotopic (exact) mass is 281 g/mol. The molecule has 19 heavy (non-hydrogen) atoms. The molecule has 0 bridgehead atoms. The fourth-order valence-electron chi connectivity index (χ4n) is 2.68. The minimum absolute atomic E-state index is 0.387. The van der Waals surface area contributed by atoms with Crippen LogP contribution in [0.25, 0.3) is 0 Å². The topological polar surface area (TPSA) is 38.3 Å². The summed E-state index contributed by atoms with van der Waals surface area (Å²) < 4.78 is 17.8.